The van der Waals surface area contributed by atoms with Crippen LogP contribution < -0.4 is 5.73 Å². The second kappa shape index (κ2) is 3.96. The van der Waals surface area contributed by atoms with Crippen LogP contribution in [0, 0.1) is 0 Å². The van der Waals surface area contributed by atoms with Gasteiger partial charge in [0.15, 0.2) is 0 Å². The predicted molar refractivity (Wildman–Crippen MR) is 64.9 cm³/mol. The number of rotatable bonds is 2. The van der Waals surface area contributed by atoms with Gasteiger partial charge < -0.3 is 5.73 Å². The van der Waals surface area contributed by atoms with Crippen LogP contribution in [0.15, 0.2) is 24.5 Å². The van der Waals surface area contributed by atoms with Crippen LogP contribution in [0.3, 0.4) is 0 Å². The van der Waals surface area contributed by atoms with E-state index in [9.17, 15) is 0 Å². The molecule has 0 aliphatic rings. The lowest BCUT2D eigenvalue weighted by Gasteiger charge is -2.05. The van der Waals surface area contributed by atoms with E-state index in [1.807, 2.05) is 30.1 Å². The largest absolute Gasteiger partial charge is 0.384 e. The Morgan fingerprint density at radius 3 is 2.75 bits per heavy atom. The molecule has 0 fully saturated rings. The maximum Gasteiger partial charge on any atom is 0.123 e. The summed E-state index contributed by atoms with van der Waals surface area (Å²) < 4.78 is 1.83. The molecule has 0 radical (unpaired) electrons. The topological polar surface area (TPSA) is 56.7 Å². The molecule has 0 saturated heterocycles. The first-order valence-electron chi connectivity index (χ1n) is 5.33. The molecule has 0 aromatic carbocycles. The van der Waals surface area contributed by atoms with Gasteiger partial charge in [-0.05, 0) is 23.6 Å². The first-order chi connectivity index (χ1) is 7.58. The summed E-state index contributed by atoms with van der Waals surface area (Å²) in [6.45, 7) is 4.27. The van der Waals surface area contributed by atoms with E-state index in [0.29, 0.717) is 11.7 Å². The summed E-state index contributed by atoms with van der Waals surface area (Å²) in [7, 11) is 1.93. The predicted octanol–water partition coefficient (Wildman–Crippen LogP) is 2.19. The number of pyridine rings is 1. The van der Waals surface area contributed by atoms with Crippen LogP contribution in [-0.4, -0.2) is 14.8 Å². The second-order valence-corrected chi connectivity index (χ2v) is 4.23. The minimum Gasteiger partial charge on any atom is -0.384 e. The van der Waals surface area contributed by atoms with E-state index in [0.717, 1.165) is 16.8 Å². The number of hydrogen-bond acceptors (Lipinski definition) is 3. The monoisotopic (exact) mass is 216 g/mol. The lowest BCUT2D eigenvalue weighted by Crippen LogP contribution is -1.94. The maximum atomic E-state index is 5.69. The Balaban J connectivity index is 2.55. The zero-order valence-corrected chi connectivity index (χ0v) is 9.81. The SMILES string of the molecule is CC(C)c1nn(C)cc1-c1ccnc(N)c1. The number of nitrogens with zero attached hydrogens (tertiary/aromatic N) is 3. The van der Waals surface area contributed by atoms with Crippen molar-refractivity contribution >= 4 is 5.82 Å². The smallest absolute Gasteiger partial charge is 0.123 e. The number of aromatic nitrogens is 3. The van der Waals surface area contributed by atoms with Gasteiger partial charge in [-0.3, -0.25) is 4.68 Å². The van der Waals surface area contributed by atoms with Crippen molar-refractivity contribution < 1.29 is 0 Å². The molecule has 4 heteroatoms. The molecule has 4 nitrogen and oxygen atoms in total. The first-order valence-corrected chi connectivity index (χ1v) is 5.33. The van der Waals surface area contributed by atoms with E-state index in [2.05, 4.69) is 23.9 Å². The lowest BCUT2D eigenvalue weighted by atomic mass is 10.0. The molecule has 0 unspecified atom stereocenters. The number of nitrogens with two attached hydrogens (primary N) is 1. The second-order valence-electron chi connectivity index (χ2n) is 4.23. The van der Waals surface area contributed by atoms with E-state index in [1.54, 1.807) is 6.20 Å². The highest BCUT2D eigenvalue weighted by Gasteiger charge is 2.13. The summed E-state index contributed by atoms with van der Waals surface area (Å²) in [4.78, 5) is 4.00. The lowest BCUT2D eigenvalue weighted by molar-refractivity contribution is 0.713. The highest BCUT2D eigenvalue weighted by atomic mass is 15.3. The molecule has 0 bridgehead atoms. The molecule has 0 aliphatic heterocycles. The first kappa shape index (κ1) is 10.7. The fourth-order valence-corrected chi connectivity index (χ4v) is 1.77. The standard InChI is InChI=1S/C12H16N4/c1-8(2)12-10(7-16(3)15-12)9-4-5-14-11(13)6-9/h4-8H,1-3H3,(H2,13,14). The molecule has 16 heavy (non-hydrogen) atoms. The fraction of sp³-hybridized carbons (Fsp3) is 0.333. The summed E-state index contributed by atoms with van der Waals surface area (Å²) in [6, 6.07) is 3.84. The Morgan fingerprint density at radius 2 is 2.12 bits per heavy atom. The molecule has 0 spiro atoms. The zero-order valence-electron chi connectivity index (χ0n) is 9.81. The van der Waals surface area contributed by atoms with Gasteiger partial charge in [0.05, 0.1) is 5.69 Å². The van der Waals surface area contributed by atoms with Crippen molar-refractivity contribution in [3.63, 3.8) is 0 Å². The van der Waals surface area contributed by atoms with Crippen molar-refractivity contribution in [3.05, 3.63) is 30.2 Å². The molecular formula is C12H16N4. The molecular weight excluding hydrogens is 200 g/mol. The Kier molecular flexibility index (Phi) is 2.64. The van der Waals surface area contributed by atoms with Gasteiger partial charge in [0.25, 0.3) is 0 Å². The highest BCUT2D eigenvalue weighted by Crippen LogP contribution is 2.28. The summed E-state index contributed by atoms with van der Waals surface area (Å²) in [5.41, 5.74) is 8.99. The molecule has 84 valence electrons. The van der Waals surface area contributed by atoms with E-state index < -0.39 is 0 Å². The van der Waals surface area contributed by atoms with Crippen LogP contribution in [0.25, 0.3) is 11.1 Å². The minimum atomic E-state index is 0.394. The van der Waals surface area contributed by atoms with Gasteiger partial charge in [-0.2, -0.15) is 5.10 Å². The average molecular weight is 216 g/mol. The number of aryl methyl sites for hydroxylation is 1. The molecule has 2 aromatic heterocycles. The van der Waals surface area contributed by atoms with E-state index in [-0.39, 0.29) is 0 Å². The Hall–Kier alpha value is -1.84. The van der Waals surface area contributed by atoms with Gasteiger partial charge in [0.2, 0.25) is 0 Å². The third kappa shape index (κ3) is 1.91. The van der Waals surface area contributed by atoms with Crippen LogP contribution in [0.2, 0.25) is 0 Å². The van der Waals surface area contributed by atoms with Gasteiger partial charge in [0, 0.05) is 25.0 Å². The van der Waals surface area contributed by atoms with Gasteiger partial charge in [-0.15, -0.1) is 0 Å². The minimum absolute atomic E-state index is 0.394. The van der Waals surface area contributed by atoms with Gasteiger partial charge >= 0.3 is 0 Å². The Morgan fingerprint density at radius 1 is 1.38 bits per heavy atom. The molecule has 0 atom stereocenters. The normalized spacial score (nSPS) is 11.0. The van der Waals surface area contributed by atoms with E-state index >= 15 is 0 Å². The summed E-state index contributed by atoms with van der Waals surface area (Å²) in [6.07, 6.45) is 3.74. The van der Waals surface area contributed by atoms with Crippen LogP contribution in [-0.2, 0) is 7.05 Å². The molecule has 0 saturated carbocycles. The number of nitrogen functional groups attached to an aromatic ring is 1. The van der Waals surface area contributed by atoms with Crippen molar-refractivity contribution in [1.82, 2.24) is 14.8 Å². The summed E-state index contributed by atoms with van der Waals surface area (Å²) >= 11 is 0. The van der Waals surface area contributed by atoms with Crippen molar-refractivity contribution in [2.24, 2.45) is 7.05 Å². The molecule has 2 N–H and O–H groups in total. The van der Waals surface area contributed by atoms with Crippen molar-refractivity contribution in [1.29, 1.82) is 0 Å². The van der Waals surface area contributed by atoms with Crippen LogP contribution in [0.1, 0.15) is 25.5 Å². The van der Waals surface area contributed by atoms with Gasteiger partial charge in [-0.1, -0.05) is 13.8 Å². The molecule has 2 aromatic rings. The molecule has 0 aliphatic carbocycles. The third-order valence-electron chi connectivity index (χ3n) is 2.50. The molecule has 2 heterocycles. The van der Waals surface area contributed by atoms with Crippen molar-refractivity contribution in [2.75, 3.05) is 5.73 Å². The van der Waals surface area contributed by atoms with E-state index in [4.69, 9.17) is 5.73 Å². The highest BCUT2D eigenvalue weighted by molar-refractivity contribution is 5.67. The molecule has 2 rings (SSSR count). The van der Waals surface area contributed by atoms with Crippen molar-refractivity contribution in [2.45, 2.75) is 19.8 Å². The zero-order chi connectivity index (χ0) is 11.7. The van der Waals surface area contributed by atoms with Gasteiger partial charge in [-0.25, -0.2) is 4.98 Å². The van der Waals surface area contributed by atoms with Crippen LogP contribution >= 0.6 is 0 Å². The van der Waals surface area contributed by atoms with Crippen molar-refractivity contribution in [3.8, 4) is 11.1 Å². The summed E-state index contributed by atoms with van der Waals surface area (Å²) in [5.74, 6) is 0.932. The Bertz CT molecular complexity index is 499. The van der Waals surface area contributed by atoms with Crippen LogP contribution in [0.4, 0.5) is 5.82 Å². The Labute approximate surface area is 95.1 Å². The third-order valence-corrected chi connectivity index (χ3v) is 2.50. The summed E-state index contributed by atoms with van der Waals surface area (Å²) in [5, 5.41) is 4.47. The fourth-order valence-electron chi connectivity index (χ4n) is 1.77. The quantitative estimate of drug-likeness (QED) is 0.837. The number of anilines is 1. The molecule has 0 amide bonds. The average Bonchev–Trinajstić information content (AvgIpc) is 2.60. The van der Waals surface area contributed by atoms with E-state index in [1.165, 1.54) is 0 Å². The van der Waals surface area contributed by atoms with Gasteiger partial charge in [0.1, 0.15) is 5.82 Å². The van der Waals surface area contributed by atoms with Crippen LogP contribution in [0.5, 0.6) is 0 Å². The number of hydrogen-bond donors (Lipinski definition) is 1. The maximum absolute atomic E-state index is 5.69.